The van der Waals surface area contributed by atoms with Crippen molar-refractivity contribution in [3.63, 3.8) is 0 Å². The number of esters is 1. The second-order valence-corrected chi connectivity index (χ2v) is 10.1. The molecule has 144 valence electrons. The molecule has 3 atom stereocenters. The van der Waals surface area contributed by atoms with Crippen molar-refractivity contribution < 1.29 is 22.7 Å². The van der Waals surface area contributed by atoms with Crippen LogP contribution in [0.15, 0.2) is 21.7 Å². The molecular weight excluding hydrogens is 376 g/mol. The first-order valence-corrected chi connectivity index (χ1v) is 11.1. The first kappa shape index (κ1) is 19.3. The number of amides is 1. The first-order valence-electron chi connectivity index (χ1n) is 8.75. The average molecular weight is 401 g/mol. The standard InChI is InChI=1S/C17H24N2O5S2/c1-18(26(22,23)16-8-5-9-25-16)11-15(20)19-13-7-4-3-6-12(13)10-14(19)17(21)24-2/h5,8-9,12-14H,3-4,6-7,10-11H2,1-2H3. The molecule has 1 aromatic heterocycles. The van der Waals surface area contributed by atoms with Crippen LogP contribution in [0.2, 0.25) is 0 Å². The number of sulfonamides is 1. The molecule has 1 saturated heterocycles. The van der Waals surface area contributed by atoms with Gasteiger partial charge in [0, 0.05) is 13.1 Å². The molecule has 0 N–H and O–H groups in total. The van der Waals surface area contributed by atoms with Crippen molar-refractivity contribution >= 4 is 33.2 Å². The Labute approximate surface area is 158 Å². The number of likely N-dealkylation sites (N-methyl/N-ethyl adjacent to an activating group) is 1. The fraction of sp³-hybridized carbons (Fsp3) is 0.647. The largest absolute Gasteiger partial charge is 0.467 e. The van der Waals surface area contributed by atoms with Crippen LogP contribution in [0.3, 0.4) is 0 Å². The molecule has 3 unspecified atom stereocenters. The maximum absolute atomic E-state index is 13.0. The predicted octanol–water partition coefficient (Wildman–Crippen LogP) is 1.70. The summed E-state index contributed by atoms with van der Waals surface area (Å²) < 4.78 is 31.3. The lowest BCUT2D eigenvalue weighted by molar-refractivity contribution is -0.152. The number of nitrogens with zero attached hydrogens (tertiary/aromatic N) is 2. The normalized spacial score (nSPS) is 26.0. The monoisotopic (exact) mass is 400 g/mol. The summed E-state index contributed by atoms with van der Waals surface area (Å²) in [5.74, 6) is -0.468. The van der Waals surface area contributed by atoms with Crippen molar-refractivity contribution in [3.05, 3.63) is 17.5 Å². The summed E-state index contributed by atoms with van der Waals surface area (Å²) in [4.78, 5) is 26.8. The summed E-state index contributed by atoms with van der Waals surface area (Å²) in [5.41, 5.74) is 0. The Morgan fingerprint density at radius 3 is 2.73 bits per heavy atom. The minimum Gasteiger partial charge on any atom is -0.467 e. The van der Waals surface area contributed by atoms with E-state index in [4.69, 9.17) is 4.74 Å². The van der Waals surface area contributed by atoms with E-state index in [0.29, 0.717) is 6.42 Å². The van der Waals surface area contributed by atoms with Gasteiger partial charge in [-0.15, -0.1) is 11.3 Å². The van der Waals surface area contributed by atoms with Gasteiger partial charge in [0.1, 0.15) is 10.3 Å². The molecule has 1 aromatic rings. The molecule has 0 aromatic carbocycles. The van der Waals surface area contributed by atoms with Gasteiger partial charge in [-0.3, -0.25) is 4.79 Å². The number of hydrogen-bond donors (Lipinski definition) is 0. The van der Waals surface area contributed by atoms with Crippen molar-refractivity contribution in [2.24, 2.45) is 5.92 Å². The zero-order valence-electron chi connectivity index (χ0n) is 15.0. The quantitative estimate of drug-likeness (QED) is 0.703. The van der Waals surface area contributed by atoms with Gasteiger partial charge in [-0.2, -0.15) is 4.31 Å². The van der Waals surface area contributed by atoms with Crippen LogP contribution in [-0.4, -0.2) is 62.3 Å². The van der Waals surface area contributed by atoms with Crippen molar-refractivity contribution in [1.29, 1.82) is 0 Å². The molecule has 2 heterocycles. The highest BCUT2D eigenvalue weighted by Gasteiger charge is 2.48. The van der Waals surface area contributed by atoms with Gasteiger partial charge in [0.2, 0.25) is 5.91 Å². The number of thiophene rings is 1. The smallest absolute Gasteiger partial charge is 0.328 e. The van der Waals surface area contributed by atoms with Crippen LogP contribution in [0.5, 0.6) is 0 Å². The van der Waals surface area contributed by atoms with Gasteiger partial charge in [-0.1, -0.05) is 18.9 Å². The van der Waals surface area contributed by atoms with E-state index in [-0.39, 0.29) is 28.6 Å². The molecule has 1 saturated carbocycles. The lowest BCUT2D eigenvalue weighted by Crippen LogP contribution is -2.50. The van der Waals surface area contributed by atoms with E-state index >= 15 is 0 Å². The summed E-state index contributed by atoms with van der Waals surface area (Å²) in [6, 6.07) is 2.57. The Morgan fingerprint density at radius 2 is 2.08 bits per heavy atom. The van der Waals surface area contributed by atoms with Gasteiger partial charge in [-0.25, -0.2) is 13.2 Å². The van der Waals surface area contributed by atoms with Crippen LogP contribution in [0.4, 0.5) is 0 Å². The van der Waals surface area contributed by atoms with E-state index in [1.165, 1.54) is 20.2 Å². The average Bonchev–Trinajstić information content (AvgIpc) is 3.28. The van der Waals surface area contributed by atoms with Gasteiger partial charge in [0.05, 0.1) is 13.7 Å². The number of ether oxygens (including phenoxy) is 1. The van der Waals surface area contributed by atoms with Crippen LogP contribution in [0, 0.1) is 5.92 Å². The molecule has 3 rings (SSSR count). The van der Waals surface area contributed by atoms with Crippen LogP contribution in [0.1, 0.15) is 32.1 Å². The Hall–Kier alpha value is -1.45. The van der Waals surface area contributed by atoms with Gasteiger partial charge in [0.25, 0.3) is 10.0 Å². The summed E-state index contributed by atoms with van der Waals surface area (Å²) in [6.45, 7) is -0.281. The Bertz CT molecular complexity index is 762. The Morgan fingerprint density at radius 1 is 1.35 bits per heavy atom. The fourth-order valence-corrected chi connectivity index (χ4v) is 6.41. The zero-order chi connectivity index (χ0) is 18.9. The molecule has 7 nitrogen and oxygen atoms in total. The van der Waals surface area contributed by atoms with E-state index in [2.05, 4.69) is 0 Å². The minimum atomic E-state index is -3.70. The van der Waals surface area contributed by atoms with Gasteiger partial charge in [-0.05, 0) is 36.6 Å². The summed E-state index contributed by atoms with van der Waals surface area (Å²) in [5, 5.41) is 1.68. The van der Waals surface area contributed by atoms with Crippen molar-refractivity contribution in [3.8, 4) is 0 Å². The minimum absolute atomic E-state index is 0.00167. The van der Waals surface area contributed by atoms with Crippen LogP contribution >= 0.6 is 11.3 Å². The number of carbonyl (C=O) groups excluding carboxylic acids is 2. The fourth-order valence-electron chi connectivity index (χ4n) is 4.09. The molecule has 9 heteroatoms. The topological polar surface area (TPSA) is 84.0 Å². The summed E-state index contributed by atoms with van der Waals surface area (Å²) in [6.07, 6.45) is 4.56. The molecule has 1 aliphatic heterocycles. The van der Waals surface area contributed by atoms with Gasteiger partial charge < -0.3 is 9.64 Å². The van der Waals surface area contributed by atoms with Crippen molar-refractivity contribution in [2.75, 3.05) is 20.7 Å². The maximum atomic E-state index is 13.0. The Kier molecular flexibility index (Phi) is 5.69. The molecule has 26 heavy (non-hydrogen) atoms. The lowest BCUT2D eigenvalue weighted by atomic mass is 9.85. The maximum Gasteiger partial charge on any atom is 0.328 e. The summed E-state index contributed by atoms with van der Waals surface area (Å²) in [7, 11) is -0.988. The molecule has 0 spiro atoms. The number of fused-ring (bicyclic) bond motifs is 1. The highest BCUT2D eigenvalue weighted by atomic mass is 32.2. The summed E-state index contributed by atoms with van der Waals surface area (Å²) >= 11 is 1.12. The van der Waals surface area contributed by atoms with Crippen LogP contribution in [0.25, 0.3) is 0 Å². The second-order valence-electron chi connectivity index (χ2n) is 6.88. The van der Waals surface area contributed by atoms with Crippen molar-refractivity contribution in [1.82, 2.24) is 9.21 Å². The van der Waals surface area contributed by atoms with E-state index in [9.17, 15) is 18.0 Å². The highest BCUT2D eigenvalue weighted by Crippen LogP contribution is 2.40. The molecule has 0 radical (unpaired) electrons. The number of methoxy groups -OCH3 is 1. The third kappa shape index (κ3) is 3.52. The number of rotatable bonds is 5. The molecule has 2 aliphatic rings. The SMILES string of the molecule is COC(=O)C1CC2CCCCC2N1C(=O)CN(C)S(=O)(=O)c1cccs1. The second kappa shape index (κ2) is 7.66. The van der Waals surface area contributed by atoms with Gasteiger partial charge in [0.15, 0.2) is 0 Å². The first-order chi connectivity index (χ1) is 12.4. The number of likely N-dealkylation sites (tertiary alicyclic amines) is 1. The molecule has 1 aliphatic carbocycles. The third-order valence-corrected chi connectivity index (χ3v) is 8.54. The molecular formula is C17H24N2O5S2. The number of hydrogen-bond acceptors (Lipinski definition) is 6. The molecule has 2 fully saturated rings. The lowest BCUT2D eigenvalue weighted by Gasteiger charge is -2.34. The highest BCUT2D eigenvalue weighted by molar-refractivity contribution is 7.91. The van der Waals surface area contributed by atoms with E-state index in [0.717, 1.165) is 41.3 Å². The molecule has 0 bridgehead atoms. The van der Waals surface area contributed by atoms with Crippen LogP contribution in [-0.2, 0) is 24.3 Å². The molecule has 1 amide bonds. The number of carbonyl (C=O) groups is 2. The van der Waals surface area contributed by atoms with Crippen LogP contribution < -0.4 is 0 Å². The van der Waals surface area contributed by atoms with Gasteiger partial charge >= 0.3 is 5.97 Å². The van der Waals surface area contributed by atoms with E-state index in [1.807, 2.05) is 0 Å². The van der Waals surface area contributed by atoms with Crippen molar-refractivity contribution in [2.45, 2.75) is 48.4 Å². The Balaban J connectivity index is 1.79. The zero-order valence-corrected chi connectivity index (χ0v) is 16.6. The third-order valence-electron chi connectivity index (χ3n) is 5.37. The van der Waals surface area contributed by atoms with E-state index in [1.54, 1.807) is 16.3 Å². The predicted molar refractivity (Wildman–Crippen MR) is 97.1 cm³/mol. The van der Waals surface area contributed by atoms with E-state index < -0.39 is 22.0 Å².